The quantitative estimate of drug-likeness (QED) is 0.222. The number of nitrogens with one attached hydrogen (secondary N) is 1. The number of alkyl halides is 3. The SMILES string of the molecule is CCOC(=O)N1CCN(C(=O)C(CCNC(=O)c2cc(Oc3cccc(C(=O)O)c3)c3ccc(C)cc3n2)C(=O)O)CC1.O=C(O)C(F)(F)F. The largest absolute Gasteiger partial charge is 0.490 e. The van der Waals surface area contributed by atoms with E-state index in [1.807, 2.05) is 13.0 Å². The summed E-state index contributed by atoms with van der Waals surface area (Å²) in [6.45, 7) is 4.48. The van der Waals surface area contributed by atoms with Gasteiger partial charge in [-0.1, -0.05) is 12.1 Å². The number of aliphatic carboxylic acids is 2. The summed E-state index contributed by atoms with van der Waals surface area (Å²) in [5.74, 6) is -7.24. The minimum atomic E-state index is -5.08. The number of aromatic carboxylic acids is 1. The summed E-state index contributed by atoms with van der Waals surface area (Å²) in [5.41, 5.74) is 1.39. The van der Waals surface area contributed by atoms with Gasteiger partial charge >= 0.3 is 30.2 Å². The van der Waals surface area contributed by atoms with Crippen LogP contribution in [-0.2, 0) is 19.1 Å². The average Bonchev–Trinajstić information content (AvgIpc) is 3.06. The van der Waals surface area contributed by atoms with Crippen molar-refractivity contribution in [3.63, 3.8) is 0 Å². The Morgan fingerprint density at radius 1 is 0.940 bits per heavy atom. The zero-order valence-corrected chi connectivity index (χ0v) is 26.7. The summed E-state index contributed by atoms with van der Waals surface area (Å²) in [5, 5.41) is 29.4. The Labute approximate surface area is 282 Å². The lowest BCUT2D eigenvalue weighted by atomic mass is 10.0. The van der Waals surface area contributed by atoms with E-state index in [4.69, 9.17) is 19.4 Å². The van der Waals surface area contributed by atoms with E-state index in [0.29, 0.717) is 10.9 Å². The van der Waals surface area contributed by atoms with Crippen LogP contribution in [0.5, 0.6) is 11.5 Å². The van der Waals surface area contributed by atoms with Crippen molar-refractivity contribution in [2.45, 2.75) is 26.4 Å². The molecule has 1 aromatic heterocycles. The van der Waals surface area contributed by atoms with Crippen LogP contribution in [0.1, 0.15) is 39.8 Å². The first kappa shape index (κ1) is 38.5. The Kier molecular flexibility index (Phi) is 13.0. The van der Waals surface area contributed by atoms with Crippen LogP contribution in [0, 0.1) is 12.8 Å². The molecule has 0 aliphatic carbocycles. The molecule has 3 amide bonds. The van der Waals surface area contributed by atoms with Gasteiger partial charge in [0.1, 0.15) is 23.1 Å². The van der Waals surface area contributed by atoms with Crippen LogP contribution in [0.2, 0.25) is 0 Å². The van der Waals surface area contributed by atoms with Crippen molar-refractivity contribution in [2.75, 3.05) is 39.3 Å². The number of aryl methyl sites for hydroxylation is 1. The predicted octanol–water partition coefficient (Wildman–Crippen LogP) is 3.79. The molecule has 0 spiro atoms. The first-order valence-electron chi connectivity index (χ1n) is 15.0. The second kappa shape index (κ2) is 16.9. The van der Waals surface area contributed by atoms with Gasteiger partial charge in [0.15, 0.2) is 0 Å². The van der Waals surface area contributed by atoms with Gasteiger partial charge in [0.25, 0.3) is 5.91 Å². The molecule has 4 rings (SSSR count). The molecule has 2 heterocycles. The third-order valence-corrected chi connectivity index (χ3v) is 7.14. The Hall–Kier alpha value is -5.94. The summed E-state index contributed by atoms with van der Waals surface area (Å²) in [7, 11) is 0. The van der Waals surface area contributed by atoms with Gasteiger partial charge in [-0.2, -0.15) is 13.2 Å². The molecule has 1 saturated heterocycles. The maximum atomic E-state index is 13.1. The van der Waals surface area contributed by atoms with E-state index in [-0.39, 0.29) is 68.5 Å². The molecule has 50 heavy (non-hydrogen) atoms. The van der Waals surface area contributed by atoms with Crippen LogP contribution in [0.3, 0.4) is 0 Å². The normalized spacial score (nSPS) is 13.4. The molecule has 1 fully saturated rings. The number of nitrogens with zero attached hydrogens (tertiary/aromatic N) is 3. The fraction of sp³-hybridized carbons (Fsp3) is 0.344. The van der Waals surface area contributed by atoms with E-state index < -0.39 is 47.9 Å². The third kappa shape index (κ3) is 10.5. The highest BCUT2D eigenvalue weighted by Crippen LogP contribution is 2.31. The molecule has 1 aliphatic rings. The van der Waals surface area contributed by atoms with Gasteiger partial charge in [0.2, 0.25) is 5.91 Å². The molecule has 4 N–H and O–H groups in total. The van der Waals surface area contributed by atoms with Crippen LogP contribution >= 0.6 is 0 Å². The van der Waals surface area contributed by atoms with Crippen molar-refractivity contribution in [1.29, 1.82) is 0 Å². The number of pyridine rings is 1. The molecule has 1 aliphatic heterocycles. The number of halogens is 3. The Bertz CT molecular complexity index is 1760. The Balaban J connectivity index is 0.000000872. The zero-order chi connectivity index (χ0) is 37.2. The summed E-state index contributed by atoms with van der Waals surface area (Å²) in [6.07, 6.45) is -5.72. The maximum absolute atomic E-state index is 13.1. The first-order chi connectivity index (χ1) is 23.5. The van der Waals surface area contributed by atoms with Crippen LogP contribution in [0.25, 0.3) is 10.9 Å². The Morgan fingerprint density at radius 3 is 2.16 bits per heavy atom. The average molecular weight is 707 g/mol. The van der Waals surface area contributed by atoms with E-state index >= 15 is 0 Å². The van der Waals surface area contributed by atoms with Gasteiger partial charge in [-0.25, -0.2) is 19.4 Å². The van der Waals surface area contributed by atoms with Gasteiger partial charge in [0.05, 0.1) is 17.7 Å². The van der Waals surface area contributed by atoms with Crippen molar-refractivity contribution in [2.24, 2.45) is 5.92 Å². The maximum Gasteiger partial charge on any atom is 0.490 e. The topological polar surface area (TPSA) is 213 Å². The van der Waals surface area contributed by atoms with Crippen molar-refractivity contribution in [3.8, 4) is 11.5 Å². The van der Waals surface area contributed by atoms with E-state index in [1.54, 1.807) is 31.2 Å². The van der Waals surface area contributed by atoms with Crippen LogP contribution < -0.4 is 10.1 Å². The highest BCUT2D eigenvalue weighted by atomic mass is 19.4. The number of aromatic nitrogens is 1. The molecule has 0 radical (unpaired) electrons. The molecule has 268 valence electrons. The lowest BCUT2D eigenvalue weighted by molar-refractivity contribution is -0.192. The number of rotatable bonds is 10. The summed E-state index contributed by atoms with van der Waals surface area (Å²) >= 11 is 0. The molecule has 0 bridgehead atoms. The molecular weight excluding hydrogens is 673 g/mol. The number of carbonyl (C=O) groups is 6. The summed E-state index contributed by atoms with van der Waals surface area (Å²) in [4.78, 5) is 77.5. The first-order valence-corrected chi connectivity index (χ1v) is 15.0. The highest BCUT2D eigenvalue weighted by molar-refractivity contribution is 5.98. The smallest absolute Gasteiger partial charge is 0.481 e. The van der Waals surface area contributed by atoms with Gasteiger partial charge in [-0.3, -0.25) is 14.4 Å². The number of carboxylic acids is 3. The molecule has 1 atom stereocenters. The molecule has 0 saturated carbocycles. The third-order valence-electron chi connectivity index (χ3n) is 7.14. The molecule has 1 unspecified atom stereocenters. The van der Waals surface area contributed by atoms with E-state index in [2.05, 4.69) is 10.3 Å². The standard InChI is InChI=1S/C30H32N4O9.C2HF3O2/c1-3-42-30(41)34-13-11-33(12-14-34)27(36)22(29(39)40)9-10-31-26(35)24-17-25(21-8-7-18(2)15-23(21)32-24)43-20-6-4-5-19(16-20)28(37)38;3-2(4,5)1(6)7/h4-8,15-17,22H,3,9-14H2,1-2H3,(H,31,35)(H,37,38)(H,39,40);(H,6,7). The molecule has 2 aromatic carbocycles. The van der Waals surface area contributed by atoms with Gasteiger partial charge < -0.3 is 39.9 Å². The van der Waals surface area contributed by atoms with Crippen molar-refractivity contribution in [1.82, 2.24) is 20.1 Å². The number of benzene rings is 2. The fourth-order valence-corrected chi connectivity index (χ4v) is 4.64. The summed E-state index contributed by atoms with van der Waals surface area (Å²) < 4.78 is 42.7. The van der Waals surface area contributed by atoms with Crippen LogP contribution in [-0.4, -0.2) is 111 Å². The molecule has 18 heteroatoms. The predicted molar refractivity (Wildman–Crippen MR) is 167 cm³/mol. The van der Waals surface area contributed by atoms with Gasteiger partial charge in [0, 0.05) is 44.2 Å². The lowest BCUT2D eigenvalue weighted by Gasteiger charge is -2.35. The molecule has 15 nitrogen and oxygen atoms in total. The second-order valence-corrected chi connectivity index (χ2v) is 10.7. The number of hydrogen-bond donors (Lipinski definition) is 4. The molecule has 3 aromatic rings. The minimum Gasteiger partial charge on any atom is -0.481 e. The van der Waals surface area contributed by atoms with Crippen LogP contribution in [0.15, 0.2) is 48.5 Å². The van der Waals surface area contributed by atoms with Crippen molar-refractivity contribution >= 4 is 46.7 Å². The number of carboxylic acid groups (broad SMARTS) is 3. The Morgan fingerprint density at radius 2 is 1.58 bits per heavy atom. The van der Waals surface area contributed by atoms with E-state index in [0.717, 1.165) is 5.56 Å². The zero-order valence-electron chi connectivity index (χ0n) is 26.7. The number of piperazine rings is 1. The fourth-order valence-electron chi connectivity index (χ4n) is 4.64. The van der Waals surface area contributed by atoms with Gasteiger partial charge in [-0.15, -0.1) is 0 Å². The number of carbonyl (C=O) groups excluding carboxylic acids is 3. The number of ether oxygens (including phenoxy) is 2. The monoisotopic (exact) mass is 706 g/mol. The number of hydrogen-bond acceptors (Lipinski definition) is 9. The summed E-state index contributed by atoms with van der Waals surface area (Å²) in [6, 6.07) is 12.8. The lowest BCUT2D eigenvalue weighted by Crippen LogP contribution is -2.53. The van der Waals surface area contributed by atoms with Crippen molar-refractivity contribution < 1.29 is 66.7 Å². The second-order valence-electron chi connectivity index (χ2n) is 10.7. The highest BCUT2D eigenvalue weighted by Gasteiger charge is 2.38. The number of amides is 3. The molecular formula is C32H33F3N4O11. The number of fused-ring (bicyclic) bond motifs is 1. The van der Waals surface area contributed by atoms with E-state index in [9.17, 15) is 47.4 Å². The van der Waals surface area contributed by atoms with Crippen molar-refractivity contribution in [3.05, 3.63) is 65.4 Å². The minimum absolute atomic E-state index is 0.00391. The van der Waals surface area contributed by atoms with Gasteiger partial charge in [-0.05, 0) is 56.2 Å². The van der Waals surface area contributed by atoms with Crippen LogP contribution in [0.4, 0.5) is 18.0 Å². The van der Waals surface area contributed by atoms with E-state index in [1.165, 1.54) is 28.0 Å².